The second-order valence-electron chi connectivity index (χ2n) is 5.93. The van der Waals surface area contributed by atoms with Gasteiger partial charge in [-0.15, -0.1) is 5.10 Å². The van der Waals surface area contributed by atoms with Gasteiger partial charge in [0.15, 0.2) is 0 Å². The summed E-state index contributed by atoms with van der Waals surface area (Å²) in [5.74, 6) is 0. The summed E-state index contributed by atoms with van der Waals surface area (Å²) in [6, 6.07) is 7.76. The quantitative estimate of drug-likeness (QED) is 0.831. The molecule has 1 aromatic carbocycles. The Morgan fingerprint density at radius 2 is 1.91 bits per heavy atom. The number of benzene rings is 1. The van der Waals surface area contributed by atoms with Crippen LogP contribution in [0, 0.1) is 13.8 Å². The van der Waals surface area contributed by atoms with Crippen molar-refractivity contribution in [2.24, 2.45) is 0 Å². The van der Waals surface area contributed by atoms with Crippen LogP contribution in [0.3, 0.4) is 0 Å². The molecule has 1 aromatic heterocycles. The van der Waals surface area contributed by atoms with Gasteiger partial charge in [-0.25, -0.2) is 0 Å². The Balaban J connectivity index is 1.79. The number of rotatable bonds is 4. The predicted molar refractivity (Wildman–Crippen MR) is 89.2 cm³/mol. The lowest BCUT2D eigenvalue weighted by molar-refractivity contribution is 0.104. The first kappa shape index (κ1) is 15.4. The fourth-order valence-electron chi connectivity index (χ4n) is 2.94. The lowest BCUT2D eigenvalue weighted by atomic mass is 9.99. The van der Waals surface area contributed by atoms with Gasteiger partial charge in [-0.3, -0.25) is 0 Å². The van der Waals surface area contributed by atoms with Crippen molar-refractivity contribution in [2.45, 2.75) is 45.6 Å². The number of aromatic nitrogens is 2. The minimum atomic E-state index is 0.400. The molecule has 4 heteroatoms. The highest BCUT2D eigenvalue weighted by molar-refractivity contribution is 6.30. The van der Waals surface area contributed by atoms with E-state index in [0.29, 0.717) is 6.10 Å². The third-order valence-electron chi connectivity index (χ3n) is 4.47. The van der Waals surface area contributed by atoms with Crippen LogP contribution in [0.1, 0.15) is 36.1 Å². The highest BCUT2D eigenvalue weighted by Gasteiger charge is 2.17. The molecule has 0 spiro atoms. The molecule has 1 aliphatic rings. The van der Waals surface area contributed by atoms with E-state index < -0.39 is 0 Å². The van der Waals surface area contributed by atoms with Gasteiger partial charge in [0.2, 0.25) is 0 Å². The molecule has 0 aliphatic carbocycles. The summed E-state index contributed by atoms with van der Waals surface area (Å²) in [7, 11) is 0. The molecule has 116 valence electrons. The third-order valence-corrected chi connectivity index (χ3v) is 4.72. The molecule has 1 fully saturated rings. The predicted octanol–water partition coefficient (Wildman–Crippen LogP) is 4.53. The standard InChI is InChI=1S/C18H21ClN2O/c1-12-13(2)18(14-5-7-15(19)8-6-14)21-20-17(12)10-9-16-4-3-11-22-16/h5-8,16H,3-4,9-11H2,1-2H3/t16-/m0/s1. The topological polar surface area (TPSA) is 35.0 Å². The van der Waals surface area contributed by atoms with E-state index in [9.17, 15) is 0 Å². The monoisotopic (exact) mass is 316 g/mol. The van der Waals surface area contributed by atoms with Gasteiger partial charge in [-0.05, 0) is 62.8 Å². The average molecular weight is 317 g/mol. The van der Waals surface area contributed by atoms with Crippen molar-refractivity contribution >= 4 is 11.6 Å². The van der Waals surface area contributed by atoms with Crippen LogP contribution in [0.4, 0.5) is 0 Å². The van der Waals surface area contributed by atoms with Crippen LogP contribution in [0.2, 0.25) is 5.02 Å². The van der Waals surface area contributed by atoms with Crippen LogP contribution in [0.5, 0.6) is 0 Å². The Labute approximate surface area is 136 Å². The smallest absolute Gasteiger partial charge is 0.0961 e. The summed E-state index contributed by atoms with van der Waals surface area (Å²) >= 11 is 5.95. The van der Waals surface area contributed by atoms with Crippen molar-refractivity contribution in [3.63, 3.8) is 0 Å². The molecule has 0 bridgehead atoms. The summed E-state index contributed by atoms with van der Waals surface area (Å²) in [4.78, 5) is 0. The highest BCUT2D eigenvalue weighted by Crippen LogP contribution is 2.26. The molecule has 1 atom stereocenters. The summed E-state index contributed by atoms with van der Waals surface area (Å²) in [6.07, 6.45) is 4.73. The fraction of sp³-hybridized carbons (Fsp3) is 0.444. The number of nitrogens with zero attached hydrogens (tertiary/aromatic N) is 2. The molecule has 0 saturated carbocycles. The number of halogens is 1. The maximum atomic E-state index is 5.95. The molecule has 2 heterocycles. The lowest BCUT2D eigenvalue weighted by Gasteiger charge is -2.13. The van der Waals surface area contributed by atoms with Crippen molar-refractivity contribution in [3.05, 3.63) is 46.1 Å². The van der Waals surface area contributed by atoms with E-state index in [-0.39, 0.29) is 0 Å². The van der Waals surface area contributed by atoms with Crippen LogP contribution in [-0.4, -0.2) is 22.9 Å². The Bertz CT molecular complexity index is 649. The highest BCUT2D eigenvalue weighted by atomic mass is 35.5. The molecule has 1 aliphatic heterocycles. The van der Waals surface area contributed by atoms with E-state index in [1.165, 1.54) is 24.0 Å². The summed E-state index contributed by atoms with van der Waals surface area (Å²) in [5, 5.41) is 9.65. The molecule has 3 nitrogen and oxygen atoms in total. The first-order chi connectivity index (χ1) is 10.6. The van der Waals surface area contributed by atoms with Crippen molar-refractivity contribution in [3.8, 4) is 11.3 Å². The number of ether oxygens (including phenoxy) is 1. The van der Waals surface area contributed by atoms with E-state index in [0.717, 1.165) is 41.4 Å². The van der Waals surface area contributed by atoms with Gasteiger partial charge in [0, 0.05) is 17.2 Å². The maximum Gasteiger partial charge on any atom is 0.0961 e. The summed E-state index contributed by atoms with van der Waals surface area (Å²) in [5.41, 5.74) is 5.52. The number of aryl methyl sites for hydroxylation is 1. The minimum absolute atomic E-state index is 0.400. The lowest BCUT2D eigenvalue weighted by Crippen LogP contribution is -2.09. The first-order valence-corrected chi connectivity index (χ1v) is 8.23. The molecule has 0 amide bonds. The zero-order chi connectivity index (χ0) is 15.5. The van der Waals surface area contributed by atoms with Crippen molar-refractivity contribution in [2.75, 3.05) is 6.61 Å². The van der Waals surface area contributed by atoms with Crippen molar-refractivity contribution in [1.29, 1.82) is 0 Å². The van der Waals surface area contributed by atoms with Gasteiger partial charge in [0.25, 0.3) is 0 Å². The number of hydrogen-bond donors (Lipinski definition) is 0. The SMILES string of the molecule is Cc1c(CC[C@@H]2CCCO2)nnc(-c2ccc(Cl)cc2)c1C. The van der Waals surface area contributed by atoms with E-state index >= 15 is 0 Å². The second kappa shape index (κ2) is 6.76. The van der Waals surface area contributed by atoms with E-state index in [1.807, 2.05) is 24.3 Å². The molecule has 0 N–H and O–H groups in total. The zero-order valence-corrected chi connectivity index (χ0v) is 13.9. The van der Waals surface area contributed by atoms with Gasteiger partial charge < -0.3 is 4.74 Å². The molecule has 1 saturated heterocycles. The van der Waals surface area contributed by atoms with E-state index in [2.05, 4.69) is 24.0 Å². The largest absolute Gasteiger partial charge is 0.378 e. The molecule has 3 rings (SSSR count). The second-order valence-corrected chi connectivity index (χ2v) is 6.36. The van der Waals surface area contributed by atoms with Gasteiger partial charge in [0.05, 0.1) is 17.5 Å². The summed E-state index contributed by atoms with van der Waals surface area (Å²) in [6.45, 7) is 5.15. The maximum absolute atomic E-state index is 5.95. The fourth-order valence-corrected chi connectivity index (χ4v) is 3.07. The molecule has 22 heavy (non-hydrogen) atoms. The van der Waals surface area contributed by atoms with Gasteiger partial charge in [-0.2, -0.15) is 5.10 Å². The zero-order valence-electron chi connectivity index (χ0n) is 13.1. The Hall–Kier alpha value is -1.45. The number of hydrogen-bond acceptors (Lipinski definition) is 3. The Morgan fingerprint density at radius 3 is 2.59 bits per heavy atom. The normalized spacial score (nSPS) is 17.9. The van der Waals surface area contributed by atoms with Crippen molar-refractivity contribution < 1.29 is 4.74 Å². The van der Waals surface area contributed by atoms with Crippen LogP contribution in [0.15, 0.2) is 24.3 Å². The third kappa shape index (κ3) is 3.31. The van der Waals surface area contributed by atoms with E-state index in [4.69, 9.17) is 16.3 Å². The molecule has 0 radical (unpaired) electrons. The van der Waals surface area contributed by atoms with Gasteiger partial charge in [0.1, 0.15) is 0 Å². The average Bonchev–Trinajstić information content (AvgIpc) is 3.03. The van der Waals surface area contributed by atoms with E-state index in [1.54, 1.807) is 0 Å². The summed E-state index contributed by atoms with van der Waals surface area (Å²) < 4.78 is 5.69. The van der Waals surface area contributed by atoms with Gasteiger partial charge >= 0.3 is 0 Å². The first-order valence-electron chi connectivity index (χ1n) is 7.85. The van der Waals surface area contributed by atoms with Gasteiger partial charge in [-0.1, -0.05) is 23.7 Å². The van der Waals surface area contributed by atoms with Crippen LogP contribution in [0.25, 0.3) is 11.3 Å². The molecular formula is C18H21ClN2O. The molecule has 2 aromatic rings. The van der Waals surface area contributed by atoms with Crippen LogP contribution < -0.4 is 0 Å². The Morgan fingerprint density at radius 1 is 1.14 bits per heavy atom. The molecule has 0 unspecified atom stereocenters. The van der Waals surface area contributed by atoms with Crippen molar-refractivity contribution in [1.82, 2.24) is 10.2 Å². The minimum Gasteiger partial charge on any atom is -0.378 e. The molecular weight excluding hydrogens is 296 g/mol. The Kier molecular flexibility index (Phi) is 4.74. The van der Waals surface area contributed by atoms with Crippen LogP contribution in [-0.2, 0) is 11.2 Å². The van der Waals surface area contributed by atoms with Crippen LogP contribution >= 0.6 is 11.6 Å².